The van der Waals surface area contributed by atoms with E-state index in [0.29, 0.717) is 12.5 Å². The maximum atomic E-state index is 13.7. The number of para-hydroxylation sites is 1. The Morgan fingerprint density at radius 2 is 2.11 bits per heavy atom. The Balaban J connectivity index is 1.43. The first-order valence-corrected chi connectivity index (χ1v) is 9.82. The molecule has 2 aliphatic heterocycles. The van der Waals surface area contributed by atoms with Crippen molar-refractivity contribution in [3.63, 3.8) is 0 Å². The van der Waals surface area contributed by atoms with Crippen molar-refractivity contribution in [2.75, 3.05) is 59.5 Å². The monoisotopic (exact) mass is 378 g/mol. The highest BCUT2D eigenvalue weighted by molar-refractivity contribution is 5.80. The van der Waals surface area contributed by atoms with Gasteiger partial charge in [-0.3, -0.25) is 9.89 Å². The van der Waals surface area contributed by atoms with E-state index in [2.05, 4.69) is 20.1 Å². The summed E-state index contributed by atoms with van der Waals surface area (Å²) in [6, 6.07) is 6.49. The number of morpholine rings is 1. The molecule has 2 saturated heterocycles. The lowest BCUT2D eigenvalue weighted by atomic mass is 10.1. The summed E-state index contributed by atoms with van der Waals surface area (Å²) in [6.45, 7) is 9.42. The van der Waals surface area contributed by atoms with Gasteiger partial charge in [0, 0.05) is 39.8 Å². The molecule has 0 aromatic heterocycles. The summed E-state index contributed by atoms with van der Waals surface area (Å²) >= 11 is 0. The predicted molar refractivity (Wildman–Crippen MR) is 105 cm³/mol. The molecule has 2 aliphatic rings. The van der Waals surface area contributed by atoms with Gasteiger partial charge in [0.05, 0.1) is 19.8 Å². The van der Waals surface area contributed by atoms with Crippen molar-refractivity contribution < 1.29 is 13.9 Å². The second-order valence-corrected chi connectivity index (χ2v) is 7.30. The fourth-order valence-electron chi connectivity index (χ4n) is 3.69. The number of nitrogens with zero attached hydrogens (tertiary/aromatic N) is 3. The number of benzene rings is 1. The zero-order valence-electron chi connectivity index (χ0n) is 16.4. The number of nitrogens with one attached hydrogen (secondary N) is 1. The molecule has 1 aromatic carbocycles. The van der Waals surface area contributed by atoms with Crippen LogP contribution < -0.4 is 10.1 Å². The fraction of sp³-hybridized carbons (Fsp3) is 0.650. The molecule has 2 atom stereocenters. The molecular weight excluding hydrogens is 347 g/mol. The lowest BCUT2D eigenvalue weighted by Gasteiger charge is -2.29. The number of ether oxygens (including phenoxy) is 2. The largest absolute Gasteiger partial charge is 0.486 e. The summed E-state index contributed by atoms with van der Waals surface area (Å²) in [4.78, 5) is 9.22. The Morgan fingerprint density at radius 3 is 2.85 bits per heavy atom. The van der Waals surface area contributed by atoms with Gasteiger partial charge in [0.2, 0.25) is 0 Å². The molecule has 1 aromatic rings. The van der Waals surface area contributed by atoms with E-state index in [9.17, 15) is 4.39 Å². The summed E-state index contributed by atoms with van der Waals surface area (Å²) in [5.41, 5.74) is 0. The van der Waals surface area contributed by atoms with Crippen LogP contribution in [0.1, 0.15) is 13.3 Å². The van der Waals surface area contributed by atoms with E-state index >= 15 is 0 Å². The Hall–Kier alpha value is -1.86. The van der Waals surface area contributed by atoms with Crippen LogP contribution in [0, 0.1) is 11.7 Å². The van der Waals surface area contributed by atoms with Crippen LogP contribution in [0.2, 0.25) is 0 Å². The number of aliphatic imine (C=N–C) groups is 1. The van der Waals surface area contributed by atoms with Crippen LogP contribution >= 0.6 is 0 Å². The van der Waals surface area contributed by atoms with Crippen molar-refractivity contribution in [3.05, 3.63) is 30.1 Å². The van der Waals surface area contributed by atoms with E-state index in [1.165, 1.54) is 12.5 Å². The van der Waals surface area contributed by atoms with E-state index in [1.807, 2.05) is 6.92 Å². The predicted octanol–water partition coefficient (Wildman–Crippen LogP) is 1.82. The van der Waals surface area contributed by atoms with E-state index < -0.39 is 0 Å². The minimum absolute atomic E-state index is 0.162. The van der Waals surface area contributed by atoms with Crippen LogP contribution in [0.5, 0.6) is 5.75 Å². The maximum absolute atomic E-state index is 13.7. The van der Waals surface area contributed by atoms with Crippen LogP contribution in [0.15, 0.2) is 29.3 Å². The first-order valence-electron chi connectivity index (χ1n) is 9.82. The van der Waals surface area contributed by atoms with E-state index in [-0.39, 0.29) is 17.7 Å². The third-order valence-electron chi connectivity index (χ3n) is 5.13. The van der Waals surface area contributed by atoms with Crippen LogP contribution in [0.3, 0.4) is 0 Å². The van der Waals surface area contributed by atoms with Gasteiger partial charge in [-0.2, -0.15) is 0 Å². The fourth-order valence-corrected chi connectivity index (χ4v) is 3.69. The van der Waals surface area contributed by atoms with Gasteiger partial charge in [0.1, 0.15) is 6.10 Å². The highest BCUT2D eigenvalue weighted by Gasteiger charge is 2.27. The van der Waals surface area contributed by atoms with Crippen molar-refractivity contribution in [2.24, 2.45) is 10.9 Å². The average molecular weight is 378 g/mol. The van der Waals surface area contributed by atoms with E-state index in [1.54, 1.807) is 25.2 Å². The second kappa shape index (κ2) is 9.90. The van der Waals surface area contributed by atoms with E-state index in [0.717, 1.165) is 51.9 Å². The first-order chi connectivity index (χ1) is 13.2. The van der Waals surface area contributed by atoms with Gasteiger partial charge in [-0.15, -0.1) is 0 Å². The van der Waals surface area contributed by atoms with Crippen molar-refractivity contribution in [1.82, 2.24) is 15.1 Å². The van der Waals surface area contributed by atoms with Crippen LogP contribution in [0.4, 0.5) is 4.39 Å². The molecule has 0 spiro atoms. The molecule has 0 amide bonds. The van der Waals surface area contributed by atoms with Gasteiger partial charge >= 0.3 is 0 Å². The summed E-state index contributed by atoms with van der Waals surface area (Å²) < 4.78 is 24.8. The highest BCUT2D eigenvalue weighted by atomic mass is 19.1. The van der Waals surface area contributed by atoms with Crippen molar-refractivity contribution in [3.8, 4) is 5.75 Å². The van der Waals surface area contributed by atoms with Gasteiger partial charge in [-0.1, -0.05) is 12.1 Å². The quantitative estimate of drug-likeness (QED) is 0.605. The smallest absolute Gasteiger partial charge is 0.193 e. The third-order valence-corrected chi connectivity index (χ3v) is 5.13. The van der Waals surface area contributed by atoms with Gasteiger partial charge in [0.25, 0.3) is 0 Å². The number of guanidine groups is 1. The summed E-state index contributed by atoms with van der Waals surface area (Å²) in [5.74, 6) is 1.50. The summed E-state index contributed by atoms with van der Waals surface area (Å²) in [5, 5.41) is 3.37. The molecule has 3 rings (SSSR count). The van der Waals surface area contributed by atoms with Crippen LogP contribution in [0.25, 0.3) is 0 Å². The van der Waals surface area contributed by atoms with Crippen molar-refractivity contribution in [1.29, 1.82) is 0 Å². The average Bonchev–Trinajstić information content (AvgIpc) is 3.13. The Kier molecular flexibility index (Phi) is 7.29. The molecule has 2 heterocycles. The Bertz CT molecular complexity index is 622. The number of likely N-dealkylation sites (tertiary alicyclic amines) is 1. The zero-order valence-corrected chi connectivity index (χ0v) is 16.4. The van der Waals surface area contributed by atoms with E-state index in [4.69, 9.17) is 9.47 Å². The third kappa shape index (κ3) is 5.81. The van der Waals surface area contributed by atoms with Gasteiger partial charge in [-0.25, -0.2) is 4.39 Å². The lowest BCUT2D eigenvalue weighted by molar-refractivity contribution is 0.0315. The summed E-state index contributed by atoms with van der Waals surface area (Å²) in [6.07, 6.45) is 1.02. The number of hydrogen-bond donors (Lipinski definition) is 1. The molecule has 0 saturated carbocycles. The van der Waals surface area contributed by atoms with Crippen molar-refractivity contribution >= 4 is 5.96 Å². The minimum Gasteiger partial charge on any atom is -0.486 e. The number of hydrogen-bond acceptors (Lipinski definition) is 4. The van der Waals surface area contributed by atoms with Crippen molar-refractivity contribution in [2.45, 2.75) is 19.4 Å². The molecule has 0 aliphatic carbocycles. The lowest BCUT2D eigenvalue weighted by Crippen LogP contribution is -2.44. The van der Waals surface area contributed by atoms with Crippen LogP contribution in [-0.4, -0.2) is 81.4 Å². The molecule has 1 N–H and O–H groups in total. The maximum Gasteiger partial charge on any atom is 0.193 e. The SMILES string of the molecule is CN=C(NCC(C)Oc1ccccc1F)N1CCC(CN2CCOCC2)C1. The topological polar surface area (TPSA) is 49.3 Å². The molecule has 0 radical (unpaired) electrons. The molecule has 6 nitrogen and oxygen atoms in total. The second-order valence-electron chi connectivity index (χ2n) is 7.30. The summed E-state index contributed by atoms with van der Waals surface area (Å²) in [7, 11) is 1.81. The number of rotatable bonds is 6. The normalized spacial score (nSPS) is 22.7. The molecule has 2 fully saturated rings. The van der Waals surface area contributed by atoms with Gasteiger partial charge < -0.3 is 19.7 Å². The highest BCUT2D eigenvalue weighted by Crippen LogP contribution is 2.19. The molecular formula is C20H31FN4O2. The van der Waals surface area contributed by atoms with Crippen LogP contribution in [-0.2, 0) is 4.74 Å². The Labute approximate surface area is 161 Å². The standard InChI is InChI=1S/C20H31FN4O2/c1-16(27-19-6-4-3-5-18(19)21)13-23-20(22-2)25-8-7-17(15-25)14-24-9-11-26-12-10-24/h3-6,16-17H,7-15H2,1-2H3,(H,22,23). The van der Waals surface area contributed by atoms with Gasteiger partial charge in [-0.05, 0) is 31.4 Å². The van der Waals surface area contributed by atoms with Gasteiger partial charge in [0.15, 0.2) is 17.5 Å². The molecule has 7 heteroatoms. The first kappa shape index (κ1) is 19.9. The molecule has 27 heavy (non-hydrogen) atoms. The molecule has 0 bridgehead atoms. The molecule has 150 valence electrons. The Morgan fingerprint density at radius 1 is 1.33 bits per heavy atom. The zero-order chi connectivity index (χ0) is 19.1. The number of halogens is 1. The minimum atomic E-state index is -0.334. The molecule has 2 unspecified atom stereocenters.